The van der Waals surface area contributed by atoms with Gasteiger partial charge in [0.25, 0.3) is 0 Å². The van der Waals surface area contributed by atoms with Crippen molar-refractivity contribution in [1.29, 1.82) is 0 Å². The average Bonchev–Trinajstić information content (AvgIpc) is 3.12. The van der Waals surface area contributed by atoms with Gasteiger partial charge in [-0.1, -0.05) is 259 Å². The number of hydrogen-bond donors (Lipinski definition) is 0. The molecule has 0 spiro atoms. The van der Waals surface area contributed by atoms with E-state index >= 15 is 0 Å². The minimum atomic E-state index is -0.611. The largest absolute Gasteiger partial charge is 2.00 e. The summed E-state index contributed by atoms with van der Waals surface area (Å²) in [5.74, 6) is -2.78. The normalized spacial score (nSPS) is 11.8. The van der Waals surface area contributed by atoms with Crippen LogP contribution >= 0.6 is 0 Å². The molecule has 0 N–H and O–H groups in total. The van der Waals surface area contributed by atoms with Gasteiger partial charge in [-0.3, -0.25) is 8.42 Å². The van der Waals surface area contributed by atoms with Crippen LogP contribution in [0.1, 0.15) is 211 Å². The van der Waals surface area contributed by atoms with Crippen molar-refractivity contribution in [1.82, 2.24) is 0 Å². The maximum Gasteiger partial charge on any atom is 0.0148 e. The molecule has 0 atom stereocenters. The van der Waals surface area contributed by atoms with Crippen LogP contribution in [0, 0.1) is 0 Å². The monoisotopic (exact) mass is 1260 g/mol. The topological polar surface area (TPSA) is 276 Å². The van der Waals surface area contributed by atoms with Gasteiger partial charge in [-0.25, -0.2) is 0 Å². The Morgan fingerprint density at radius 1 is 0.237 bits per heavy atom. The molecule has 0 aliphatic heterocycles. The smallest absolute Gasteiger partial charge is 0.0148 e. The molecule has 0 bridgehead atoms. The van der Waals surface area contributed by atoms with Crippen molar-refractivity contribution in [2.45, 2.75) is 209 Å². The fourth-order valence-electron chi connectivity index (χ4n) is 6.98. The minimum Gasteiger partial charge on any atom is -2.00 e. The first-order valence-corrected chi connectivity index (χ1v) is 28.2. The van der Waals surface area contributed by atoms with E-state index < -0.39 is 21.6 Å². The second-order valence-electron chi connectivity index (χ2n) is 26.8. The van der Waals surface area contributed by atoms with Crippen LogP contribution in [0.5, 0.6) is 46.0 Å². The molecular weight excluding hydrogens is 1170 g/mol. The molecule has 440 valence electrons. The van der Waals surface area contributed by atoms with E-state index in [4.69, 9.17) is 0 Å². The average molecular weight is 1260 g/mol. The second kappa shape index (κ2) is 31.6. The van der Waals surface area contributed by atoms with E-state index in [2.05, 4.69) is 0 Å². The van der Waals surface area contributed by atoms with Gasteiger partial charge in [0.2, 0.25) is 0 Å². The van der Waals surface area contributed by atoms with Gasteiger partial charge >= 0.3 is 0 Å². The van der Waals surface area contributed by atoms with E-state index in [0.29, 0.717) is 44.5 Å². The Morgan fingerprint density at radius 3 is 0.329 bits per heavy atom. The standard InChI is InChI=1S/4C14H22O2.2C2H6OS.2Mo.2O/c4*1-13(2,3)9-7-8-10(14(4,5)6)12(16)11(9)15;2*1-4(2)3;;;;/h4*7-8,15-16H,1-6H3;2*1-2H3;;;;/q;;;;;;;;2*-2/p-8. The third-order valence-electron chi connectivity index (χ3n) is 10.9. The molecular formula is C60H92Mo2O12S2-12. The van der Waals surface area contributed by atoms with E-state index in [1.807, 2.05) is 166 Å². The first kappa shape index (κ1) is 84.2. The summed E-state index contributed by atoms with van der Waals surface area (Å²) in [6, 6.07) is 14.4. The third-order valence-corrected chi connectivity index (χ3v) is 10.9. The van der Waals surface area contributed by atoms with Gasteiger partial charge in [-0.05, 0) is 43.3 Å². The van der Waals surface area contributed by atoms with Crippen LogP contribution in [-0.4, -0.2) is 33.4 Å². The quantitative estimate of drug-likeness (QED) is 0.150. The summed E-state index contributed by atoms with van der Waals surface area (Å²) in [6.07, 6.45) is 6.56. The molecule has 0 aliphatic rings. The van der Waals surface area contributed by atoms with E-state index in [1.54, 1.807) is 73.6 Å². The molecule has 4 aromatic rings. The van der Waals surface area contributed by atoms with Gasteiger partial charge in [0, 0.05) is 88.8 Å². The zero-order valence-corrected chi connectivity index (χ0v) is 56.8. The van der Waals surface area contributed by atoms with Gasteiger partial charge in [-0.15, -0.1) is 46.0 Å². The van der Waals surface area contributed by atoms with Crippen LogP contribution in [0.25, 0.3) is 0 Å². The zero-order valence-electron chi connectivity index (χ0n) is 51.2. The molecule has 0 unspecified atom stereocenters. The fourth-order valence-corrected chi connectivity index (χ4v) is 6.98. The Balaban J connectivity index is -0.000000201. The predicted molar refractivity (Wildman–Crippen MR) is 292 cm³/mol. The zero-order chi connectivity index (χ0) is 58.0. The Morgan fingerprint density at radius 2 is 0.289 bits per heavy atom. The molecule has 0 amide bonds. The summed E-state index contributed by atoms with van der Waals surface area (Å²) in [4.78, 5) is 0. The number of hydrogen-bond acceptors (Lipinski definition) is 10. The molecule has 12 nitrogen and oxygen atoms in total. The first-order valence-electron chi connectivity index (χ1n) is 24.2. The van der Waals surface area contributed by atoms with Gasteiger partial charge in [0.1, 0.15) is 0 Å². The van der Waals surface area contributed by atoms with Crippen LogP contribution in [0.3, 0.4) is 0 Å². The van der Waals surface area contributed by atoms with Gasteiger partial charge in [0.05, 0.1) is 0 Å². The van der Waals surface area contributed by atoms with Crippen molar-refractivity contribution in [3.05, 3.63) is 93.0 Å². The molecule has 0 radical (unpaired) electrons. The summed E-state index contributed by atoms with van der Waals surface area (Å²) in [5, 5.41) is 95.8. The SMILES string of the molecule is CC(C)(C)c1ccc(C(C)(C)C)c([O-])c1[O-].CC(C)(C)c1ccc(C(C)(C)C)c([O-])c1[O-].CC(C)(C)c1ccc(C(C)(C)C)c([O-])c1[O-].CC(C)(C)c1ccc(C(C)(C)C)c([O-])c1[O-].CS(C)=O.CS(C)=O.[Mo].[Mo].[O-2].[O-2]. The predicted octanol–water partition coefficient (Wildman–Crippen LogP) is 9.46. The summed E-state index contributed by atoms with van der Waals surface area (Å²) in [5.41, 5.74) is 2.65. The van der Waals surface area contributed by atoms with Crippen LogP contribution < -0.4 is 40.9 Å². The fraction of sp³-hybridized carbons (Fsp3) is 0.600. The number of rotatable bonds is 0. The van der Waals surface area contributed by atoms with Crippen LogP contribution in [0.15, 0.2) is 48.5 Å². The van der Waals surface area contributed by atoms with Crippen molar-refractivity contribution in [3.63, 3.8) is 0 Å². The van der Waals surface area contributed by atoms with E-state index in [-0.39, 0.29) is 142 Å². The van der Waals surface area contributed by atoms with Crippen molar-refractivity contribution < 1.29 is 102 Å². The van der Waals surface area contributed by atoms with Crippen LogP contribution in [-0.2, 0) is 118 Å². The first-order chi connectivity index (χ1) is 31.7. The summed E-state index contributed by atoms with van der Waals surface area (Å²) >= 11 is 0. The van der Waals surface area contributed by atoms with Crippen molar-refractivity contribution in [2.75, 3.05) is 25.0 Å². The summed E-state index contributed by atoms with van der Waals surface area (Å²) in [7, 11) is -1.22. The summed E-state index contributed by atoms with van der Waals surface area (Å²) in [6.45, 7) is 46.7. The Bertz CT molecular complexity index is 1950. The molecule has 0 aliphatic carbocycles. The molecule has 0 heterocycles. The molecule has 0 aromatic heterocycles. The van der Waals surface area contributed by atoms with Gasteiger partial charge < -0.3 is 51.8 Å². The van der Waals surface area contributed by atoms with Crippen LogP contribution in [0.2, 0.25) is 0 Å². The summed E-state index contributed by atoms with van der Waals surface area (Å²) < 4.78 is 19.1. The van der Waals surface area contributed by atoms with E-state index in [1.165, 1.54) is 0 Å². The molecule has 16 heteroatoms. The number of benzene rings is 4. The second-order valence-corrected chi connectivity index (χ2v) is 29.7. The third kappa shape index (κ3) is 27.2. The molecule has 0 saturated heterocycles. The maximum atomic E-state index is 12.0. The van der Waals surface area contributed by atoms with Gasteiger partial charge in [-0.2, -0.15) is 0 Å². The Hall–Kier alpha value is -3.12. The van der Waals surface area contributed by atoms with E-state index in [9.17, 15) is 49.3 Å². The minimum absolute atomic E-state index is 0. The van der Waals surface area contributed by atoms with Gasteiger partial charge in [0.15, 0.2) is 0 Å². The van der Waals surface area contributed by atoms with Crippen molar-refractivity contribution >= 4 is 21.6 Å². The molecule has 0 saturated carbocycles. The molecule has 76 heavy (non-hydrogen) atoms. The van der Waals surface area contributed by atoms with E-state index in [0.717, 1.165) is 0 Å². The molecule has 4 rings (SSSR count). The van der Waals surface area contributed by atoms with Crippen LogP contribution in [0.4, 0.5) is 0 Å². The Labute approximate surface area is 494 Å². The Kier molecular flexibility index (Phi) is 35.0. The van der Waals surface area contributed by atoms with Crippen molar-refractivity contribution in [2.24, 2.45) is 0 Å². The van der Waals surface area contributed by atoms with Crippen molar-refractivity contribution in [3.8, 4) is 46.0 Å². The molecule has 0 fully saturated rings. The maximum absolute atomic E-state index is 12.0. The molecule has 4 aromatic carbocycles.